The van der Waals surface area contributed by atoms with Crippen molar-refractivity contribution in [3.8, 4) is 0 Å². The van der Waals surface area contributed by atoms with Gasteiger partial charge in [-0.1, -0.05) is 70.0 Å². The molecule has 4 rings (SSSR count). The summed E-state index contributed by atoms with van der Waals surface area (Å²) in [5.74, 6) is -1.62. The van der Waals surface area contributed by atoms with Gasteiger partial charge in [-0.25, -0.2) is 0 Å². The highest BCUT2D eigenvalue weighted by molar-refractivity contribution is 9.10. The molecule has 1 heterocycles. The average molecular weight is 469 g/mol. The lowest BCUT2D eigenvalue weighted by Gasteiger charge is -2.25. The Balaban J connectivity index is 1.94. The van der Waals surface area contributed by atoms with Crippen LogP contribution in [0, 0.1) is 0 Å². The van der Waals surface area contributed by atoms with Crippen LogP contribution in [0.4, 0.5) is 5.69 Å². The summed E-state index contributed by atoms with van der Waals surface area (Å²) in [7, 11) is 0. The molecular weight excluding hydrogens is 454 g/mol. The van der Waals surface area contributed by atoms with E-state index < -0.39 is 17.7 Å². The van der Waals surface area contributed by atoms with Crippen LogP contribution in [-0.2, 0) is 9.59 Å². The van der Waals surface area contributed by atoms with Gasteiger partial charge in [0.2, 0.25) is 0 Å². The number of benzene rings is 3. The molecular formula is C23H15BrClNO3. The quantitative estimate of drug-likeness (QED) is 0.303. The highest BCUT2D eigenvalue weighted by Gasteiger charge is 2.46. The maximum atomic E-state index is 13.0. The van der Waals surface area contributed by atoms with Crippen molar-refractivity contribution in [3.63, 3.8) is 0 Å². The first-order valence-corrected chi connectivity index (χ1v) is 10.0. The Bertz CT molecular complexity index is 1110. The largest absolute Gasteiger partial charge is 0.507 e. The molecule has 0 aliphatic carbocycles. The number of carbonyl (C=O) groups excluding carboxylic acids is 2. The molecule has 3 aromatic carbocycles. The van der Waals surface area contributed by atoms with Crippen molar-refractivity contribution in [3.05, 3.63) is 105 Å². The zero-order chi connectivity index (χ0) is 20.5. The van der Waals surface area contributed by atoms with Gasteiger partial charge < -0.3 is 5.11 Å². The van der Waals surface area contributed by atoms with Crippen LogP contribution in [0.1, 0.15) is 17.2 Å². The molecule has 144 valence electrons. The molecule has 0 aromatic heterocycles. The predicted molar refractivity (Wildman–Crippen MR) is 117 cm³/mol. The van der Waals surface area contributed by atoms with Crippen LogP contribution in [-0.4, -0.2) is 16.8 Å². The summed E-state index contributed by atoms with van der Waals surface area (Å²) in [5, 5.41) is 11.5. The van der Waals surface area contributed by atoms with E-state index in [2.05, 4.69) is 15.9 Å². The second-order valence-electron chi connectivity index (χ2n) is 6.56. The van der Waals surface area contributed by atoms with Gasteiger partial charge in [0.1, 0.15) is 5.76 Å². The van der Waals surface area contributed by atoms with E-state index in [1.807, 2.05) is 6.07 Å². The number of nitrogens with zero attached hydrogens (tertiary/aromatic N) is 1. The third kappa shape index (κ3) is 3.59. The second kappa shape index (κ2) is 7.85. The molecule has 1 aliphatic heterocycles. The van der Waals surface area contributed by atoms with Crippen LogP contribution in [0.25, 0.3) is 5.76 Å². The molecule has 1 atom stereocenters. The third-order valence-electron chi connectivity index (χ3n) is 4.78. The monoisotopic (exact) mass is 467 g/mol. The van der Waals surface area contributed by atoms with Gasteiger partial charge in [0, 0.05) is 20.7 Å². The number of halogens is 2. The Morgan fingerprint density at radius 2 is 1.52 bits per heavy atom. The number of aliphatic hydroxyl groups is 1. The number of anilines is 1. The summed E-state index contributed by atoms with van der Waals surface area (Å²) in [6, 6.07) is 21.9. The fourth-order valence-electron chi connectivity index (χ4n) is 3.41. The smallest absolute Gasteiger partial charge is 0.300 e. The minimum absolute atomic E-state index is 0.0476. The Morgan fingerprint density at radius 1 is 0.897 bits per heavy atom. The molecule has 0 bridgehead atoms. The maximum absolute atomic E-state index is 13.0. The van der Waals surface area contributed by atoms with Crippen molar-refractivity contribution < 1.29 is 14.7 Å². The third-order valence-corrected chi connectivity index (χ3v) is 5.56. The van der Waals surface area contributed by atoms with Crippen molar-refractivity contribution in [1.82, 2.24) is 0 Å². The fraction of sp³-hybridized carbons (Fsp3) is 0.0435. The number of aliphatic hydroxyl groups excluding tert-OH is 1. The summed E-state index contributed by atoms with van der Waals surface area (Å²) < 4.78 is 0.852. The Kier molecular flexibility index (Phi) is 5.26. The van der Waals surface area contributed by atoms with Gasteiger partial charge in [0.15, 0.2) is 0 Å². The topological polar surface area (TPSA) is 57.6 Å². The maximum Gasteiger partial charge on any atom is 0.300 e. The zero-order valence-corrected chi connectivity index (χ0v) is 17.4. The van der Waals surface area contributed by atoms with Gasteiger partial charge in [-0.2, -0.15) is 0 Å². The molecule has 1 amide bonds. The van der Waals surface area contributed by atoms with Crippen molar-refractivity contribution in [2.45, 2.75) is 6.04 Å². The number of Topliss-reactive ketones (excluding diaryl/α,β-unsaturated/α-hetero) is 1. The molecule has 1 aliphatic rings. The summed E-state index contributed by atoms with van der Waals surface area (Å²) in [4.78, 5) is 27.4. The van der Waals surface area contributed by atoms with Crippen molar-refractivity contribution in [2.24, 2.45) is 0 Å². The number of rotatable bonds is 3. The molecule has 29 heavy (non-hydrogen) atoms. The highest BCUT2D eigenvalue weighted by Crippen LogP contribution is 2.42. The lowest BCUT2D eigenvalue weighted by molar-refractivity contribution is -0.132. The van der Waals surface area contributed by atoms with Gasteiger partial charge in [0.25, 0.3) is 11.7 Å². The van der Waals surface area contributed by atoms with E-state index in [1.165, 1.54) is 4.90 Å². The SMILES string of the molecule is O=C1C(=O)N(c2ccc(Br)cc2)C(c2ccc(Cl)cc2)/C1=C(\O)c1ccccc1. The first-order valence-electron chi connectivity index (χ1n) is 8.85. The van der Waals surface area contributed by atoms with Gasteiger partial charge >= 0.3 is 0 Å². The summed E-state index contributed by atoms with van der Waals surface area (Å²) >= 11 is 9.41. The first kappa shape index (κ1) is 19.4. The molecule has 1 fully saturated rings. The molecule has 4 nitrogen and oxygen atoms in total. The summed E-state index contributed by atoms with van der Waals surface area (Å²) in [6.45, 7) is 0. The highest BCUT2D eigenvalue weighted by atomic mass is 79.9. The lowest BCUT2D eigenvalue weighted by atomic mass is 9.95. The predicted octanol–water partition coefficient (Wildman–Crippen LogP) is 5.73. The fourth-order valence-corrected chi connectivity index (χ4v) is 3.80. The normalized spacial score (nSPS) is 18.3. The van der Waals surface area contributed by atoms with Crippen molar-refractivity contribution in [1.29, 1.82) is 0 Å². The van der Waals surface area contributed by atoms with E-state index in [-0.39, 0.29) is 11.3 Å². The van der Waals surface area contributed by atoms with E-state index in [9.17, 15) is 14.7 Å². The van der Waals surface area contributed by atoms with E-state index in [0.717, 1.165) is 4.47 Å². The van der Waals surface area contributed by atoms with E-state index in [4.69, 9.17) is 11.6 Å². The van der Waals surface area contributed by atoms with Crippen LogP contribution in [0.15, 0.2) is 88.9 Å². The lowest BCUT2D eigenvalue weighted by Crippen LogP contribution is -2.29. The van der Waals surface area contributed by atoms with Gasteiger partial charge in [0.05, 0.1) is 11.6 Å². The van der Waals surface area contributed by atoms with Crippen LogP contribution >= 0.6 is 27.5 Å². The molecule has 1 N–H and O–H groups in total. The Morgan fingerprint density at radius 3 is 2.14 bits per heavy atom. The molecule has 0 radical (unpaired) electrons. The number of hydrogen-bond acceptors (Lipinski definition) is 3. The average Bonchev–Trinajstić information content (AvgIpc) is 3.00. The first-order chi connectivity index (χ1) is 14.0. The summed E-state index contributed by atoms with van der Waals surface area (Å²) in [5.41, 5.74) is 1.75. The molecule has 1 unspecified atom stereocenters. The van der Waals surface area contributed by atoms with Crippen LogP contribution in [0.3, 0.4) is 0 Å². The van der Waals surface area contributed by atoms with Crippen molar-refractivity contribution >= 4 is 50.7 Å². The number of amides is 1. The van der Waals surface area contributed by atoms with Crippen LogP contribution < -0.4 is 4.90 Å². The van der Waals surface area contributed by atoms with E-state index in [1.54, 1.807) is 72.8 Å². The van der Waals surface area contributed by atoms with Gasteiger partial charge in [-0.15, -0.1) is 0 Å². The standard InChI is InChI=1S/C23H15BrClNO3/c24-16-8-12-18(13-9-16)26-20(14-6-10-17(25)11-7-14)19(22(28)23(26)29)21(27)15-4-2-1-3-5-15/h1-13,20,27H/b21-19+. The van der Waals surface area contributed by atoms with E-state index >= 15 is 0 Å². The molecule has 1 saturated heterocycles. The number of ketones is 1. The minimum atomic E-state index is -0.770. The zero-order valence-electron chi connectivity index (χ0n) is 15.0. The van der Waals surface area contributed by atoms with Crippen LogP contribution in [0.2, 0.25) is 5.02 Å². The van der Waals surface area contributed by atoms with Gasteiger partial charge in [-0.3, -0.25) is 14.5 Å². The molecule has 6 heteroatoms. The molecule has 0 saturated carbocycles. The van der Waals surface area contributed by atoms with Gasteiger partial charge in [-0.05, 0) is 42.0 Å². The second-order valence-corrected chi connectivity index (χ2v) is 7.92. The van der Waals surface area contributed by atoms with Crippen LogP contribution in [0.5, 0.6) is 0 Å². The molecule has 0 spiro atoms. The summed E-state index contributed by atoms with van der Waals surface area (Å²) in [6.07, 6.45) is 0. The molecule has 3 aromatic rings. The number of hydrogen-bond donors (Lipinski definition) is 1. The Hall–Kier alpha value is -2.89. The van der Waals surface area contributed by atoms with Crippen molar-refractivity contribution in [2.75, 3.05) is 4.90 Å². The minimum Gasteiger partial charge on any atom is -0.507 e. The number of carbonyl (C=O) groups is 2. The van der Waals surface area contributed by atoms with E-state index in [0.29, 0.717) is 21.8 Å². The Labute approximate surface area is 181 Å².